The summed E-state index contributed by atoms with van der Waals surface area (Å²) in [6.07, 6.45) is 2.28. The lowest BCUT2D eigenvalue weighted by Crippen LogP contribution is -2.26. The third-order valence-electron chi connectivity index (χ3n) is 3.05. The van der Waals surface area contributed by atoms with Crippen LogP contribution in [0.2, 0.25) is 0 Å². The molecule has 1 aliphatic rings. The molecule has 1 fully saturated rings. The summed E-state index contributed by atoms with van der Waals surface area (Å²) < 4.78 is 14.1. The van der Waals surface area contributed by atoms with Crippen LogP contribution < -0.4 is 5.32 Å². The number of nitrogens with zero attached hydrogens (tertiary/aromatic N) is 1. The number of nitrogens with one attached hydrogen (secondary N) is 1. The molecule has 84 valence electrons. The standard InChI is InChI=1S/C12H13FN2S/c13-9-1-2-11-10(7-9)15-12(16-11)8-3-5-14-6-4-8/h1-2,7-8,14H,3-6H2. The van der Waals surface area contributed by atoms with Crippen molar-refractivity contribution in [2.24, 2.45) is 0 Å². The van der Waals surface area contributed by atoms with Crippen molar-refractivity contribution in [2.75, 3.05) is 13.1 Å². The summed E-state index contributed by atoms with van der Waals surface area (Å²) in [5.41, 5.74) is 0.804. The Morgan fingerprint density at radius 1 is 1.31 bits per heavy atom. The fraction of sp³-hybridized carbons (Fsp3) is 0.417. The molecule has 0 aliphatic carbocycles. The van der Waals surface area contributed by atoms with Gasteiger partial charge in [0.1, 0.15) is 5.82 Å². The Morgan fingerprint density at radius 3 is 2.94 bits per heavy atom. The minimum atomic E-state index is -0.199. The number of halogens is 1. The lowest BCUT2D eigenvalue weighted by Gasteiger charge is -2.20. The van der Waals surface area contributed by atoms with Crippen molar-refractivity contribution in [1.82, 2.24) is 10.3 Å². The van der Waals surface area contributed by atoms with Gasteiger partial charge in [-0.25, -0.2) is 9.37 Å². The van der Waals surface area contributed by atoms with E-state index in [1.165, 1.54) is 17.1 Å². The average molecular weight is 236 g/mol. The number of thiazole rings is 1. The first-order valence-corrected chi connectivity index (χ1v) is 6.41. The van der Waals surface area contributed by atoms with Gasteiger partial charge in [-0.05, 0) is 38.1 Å². The number of hydrogen-bond acceptors (Lipinski definition) is 3. The Labute approximate surface area is 97.5 Å². The second-order valence-corrected chi connectivity index (χ2v) is 5.25. The maximum atomic E-state index is 13.0. The molecule has 1 N–H and O–H groups in total. The third kappa shape index (κ3) is 1.83. The highest BCUT2D eigenvalue weighted by atomic mass is 32.1. The van der Waals surface area contributed by atoms with Crippen molar-refractivity contribution >= 4 is 21.6 Å². The zero-order valence-electron chi connectivity index (χ0n) is 8.87. The van der Waals surface area contributed by atoms with Crippen LogP contribution in [0, 0.1) is 5.82 Å². The fourth-order valence-electron chi connectivity index (χ4n) is 2.16. The Morgan fingerprint density at radius 2 is 2.12 bits per heavy atom. The molecule has 16 heavy (non-hydrogen) atoms. The van der Waals surface area contributed by atoms with E-state index in [2.05, 4.69) is 10.3 Å². The van der Waals surface area contributed by atoms with Gasteiger partial charge in [0.2, 0.25) is 0 Å². The van der Waals surface area contributed by atoms with Gasteiger partial charge in [-0.3, -0.25) is 0 Å². The summed E-state index contributed by atoms with van der Waals surface area (Å²) in [7, 11) is 0. The molecule has 0 spiro atoms. The lowest BCUT2D eigenvalue weighted by molar-refractivity contribution is 0.459. The first-order chi connectivity index (χ1) is 7.83. The van der Waals surface area contributed by atoms with Crippen LogP contribution >= 0.6 is 11.3 Å². The van der Waals surface area contributed by atoms with E-state index in [1.54, 1.807) is 11.3 Å². The summed E-state index contributed by atoms with van der Waals surface area (Å²) in [6.45, 7) is 2.13. The lowest BCUT2D eigenvalue weighted by atomic mass is 9.99. The van der Waals surface area contributed by atoms with Gasteiger partial charge in [-0.15, -0.1) is 11.3 Å². The predicted octanol–water partition coefficient (Wildman–Crippen LogP) is 2.90. The first kappa shape index (κ1) is 10.2. The van der Waals surface area contributed by atoms with Crippen molar-refractivity contribution in [3.63, 3.8) is 0 Å². The predicted molar refractivity (Wildman–Crippen MR) is 64.4 cm³/mol. The molecule has 2 nitrogen and oxygen atoms in total. The summed E-state index contributed by atoms with van der Waals surface area (Å²) in [6, 6.07) is 4.86. The number of fused-ring (bicyclic) bond motifs is 1. The second-order valence-electron chi connectivity index (χ2n) is 4.19. The highest BCUT2D eigenvalue weighted by Crippen LogP contribution is 2.32. The third-order valence-corrected chi connectivity index (χ3v) is 4.25. The quantitative estimate of drug-likeness (QED) is 0.823. The molecule has 3 rings (SSSR count). The number of aromatic nitrogens is 1. The highest BCUT2D eigenvalue weighted by Gasteiger charge is 2.18. The molecule has 1 aliphatic heterocycles. The average Bonchev–Trinajstić information content (AvgIpc) is 2.73. The molecular formula is C12H13FN2S. The van der Waals surface area contributed by atoms with Crippen molar-refractivity contribution in [3.05, 3.63) is 29.0 Å². The second kappa shape index (κ2) is 4.11. The largest absolute Gasteiger partial charge is 0.317 e. The van der Waals surface area contributed by atoms with Gasteiger partial charge in [0.25, 0.3) is 0 Å². The van der Waals surface area contributed by atoms with Crippen LogP contribution in [0.15, 0.2) is 18.2 Å². The summed E-state index contributed by atoms with van der Waals surface area (Å²) in [5, 5.41) is 4.51. The SMILES string of the molecule is Fc1ccc2sc(C3CCNCC3)nc2c1. The van der Waals surface area contributed by atoms with Crippen molar-refractivity contribution < 1.29 is 4.39 Å². The molecule has 0 unspecified atom stereocenters. The number of hydrogen-bond donors (Lipinski definition) is 1. The van der Waals surface area contributed by atoms with E-state index in [9.17, 15) is 4.39 Å². The molecule has 0 atom stereocenters. The van der Waals surface area contributed by atoms with Gasteiger partial charge >= 0.3 is 0 Å². The molecule has 0 radical (unpaired) electrons. The maximum Gasteiger partial charge on any atom is 0.125 e. The van der Waals surface area contributed by atoms with Crippen molar-refractivity contribution in [2.45, 2.75) is 18.8 Å². The summed E-state index contributed by atoms with van der Waals surface area (Å²) >= 11 is 1.71. The van der Waals surface area contributed by atoms with Gasteiger partial charge in [-0.1, -0.05) is 0 Å². The zero-order valence-corrected chi connectivity index (χ0v) is 9.69. The van der Waals surface area contributed by atoms with Gasteiger partial charge in [0.15, 0.2) is 0 Å². The maximum absolute atomic E-state index is 13.0. The van der Waals surface area contributed by atoms with E-state index in [4.69, 9.17) is 0 Å². The molecule has 4 heteroatoms. The van der Waals surface area contributed by atoms with Gasteiger partial charge in [-0.2, -0.15) is 0 Å². The van der Waals surface area contributed by atoms with Crippen LogP contribution in [-0.2, 0) is 0 Å². The van der Waals surface area contributed by atoms with E-state index >= 15 is 0 Å². The van der Waals surface area contributed by atoms with Crippen molar-refractivity contribution in [3.8, 4) is 0 Å². The van der Waals surface area contributed by atoms with Crippen molar-refractivity contribution in [1.29, 1.82) is 0 Å². The smallest absolute Gasteiger partial charge is 0.125 e. The minimum Gasteiger partial charge on any atom is -0.317 e. The number of rotatable bonds is 1. The van der Waals surface area contributed by atoms with Gasteiger partial charge < -0.3 is 5.32 Å². The Balaban J connectivity index is 1.97. The number of piperidine rings is 1. The summed E-state index contributed by atoms with van der Waals surface area (Å²) in [4.78, 5) is 4.55. The Hall–Kier alpha value is -1.00. The van der Waals surface area contributed by atoms with Crippen LogP contribution in [-0.4, -0.2) is 18.1 Å². The normalized spacial score (nSPS) is 18.1. The first-order valence-electron chi connectivity index (χ1n) is 5.59. The molecule has 1 aromatic heterocycles. The monoisotopic (exact) mass is 236 g/mol. The fourth-order valence-corrected chi connectivity index (χ4v) is 3.28. The van der Waals surface area contributed by atoms with E-state index in [0.29, 0.717) is 5.92 Å². The molecule has 0 bridgehead atoms. The van der Waals surface area contributed by atoms with E-state index in [0.717, 1.165) is 36.1 Å². The van der Waals surface area contributed by atoms with Crippen LogP contribution in [0.1, 0.15) is 23.8 Å². The topological polar surface area (TPSA) is 24.9 Å². The van der Waals surface area contributed by atoms with E-state index in [-0.39, 0.29) is 5.82 Å². The van der Waals surface area contributed by atoms with Gasteiger partial charge in [0, 0.05) is 12.0 Å². The molecule has 1 aromatic carbocycles. The molecule has 0 saturated carbocycles. The molecule has 2 aromatic rings. The molecular weight excluding hydrogens is 223 g/mol. The molecule has 0 amide bonds. The summed E-state index contributed by atoms with van der Waals surface area (Å²) in [5.74, 6) is 0.358. The van der Waals surface area contributed by atoms with Gasteiger partial charge in [0.05, 0.1) is 15.2 Å². The number of benzene rings is 1. The minimum absolute atomic E-state index is 0.199. The van der Waals surface area contributed by atoms with Crippen LogP contribution in [0.3, 0.4) is 0 Å². The van der Waals surface area contributed by atoms with Crippen LogP contribution in [0.5, 0.6) is 0 Å². The van der Waals surface area contributed by atoms with Crippen LogP contribution in [0.25, 0.3) is 10.2 Å². The Bertz CT molecular complexity index is 503. The Kier molecular flexibility index (Phi) is 2.61. The zero-order chi connectivity index (χ0) is 11.0. The highest BCUT2D eigenvalue weighted by molar-refractivity contribution is 7.18. The molecule has 2 heterocycles. The van der Waals surface area contributed by atoms with E-state index in [1.807, 2.05) is 6.07 Å². The molecule has 1 saturated heterocycles. The van der Waals surface area contributed by atoms with Crippen LogP contribution in [0.4, 0.5) is 4.39 Å². The van der Waals surface area contributed by atoms with E-state index < -0.39 is 0 Å².